The average molecular weight is 763 g/mol. The molecule has 4 aromatic carbocycles. The second-order valence-electron chi connectivity index (χ2n) is 12.6. The summed E-state index contributed by atoms with van der Waals surface area (Å²) in [4.78, 5) is 30.7. The molecular weight excluding hydrogens is 718 g/mol. The highest BCUT2D eigenvalue weighted by molar-refractivity contribution is 9.10. The van der Waals surface area contributed by atoms with Crippen molar-refractivity contribution in [2.45, 2.75) is 69.0 Å². The van der Waals surface area contributed by atoms with Crippen LogP contribution < -0.4 is 19.1 Å². The molecule has 1 saturated carbocycles. The van der Waals surface area contributed by atoms with Gasteiger partial charge >= 0.3 is 0 Å². The molecular formula is C39H44BrN3O6S. The van der Waals surface area contributed by atoms with E-state index >= 15 is 0 Å². The topological polar surface area (TPSA) is 105 Å². The minimum absolute atomic E-state index is 0.0103. The van der Waals surface area contributed by atoms with Crippen molar-refractivity contribution in [2.24, 2.45) is 0 Å². The first-order valence-electron chi connectivity index (χ1n) is 16.8. The quantitative estimate of drug-likeness (QED) is 0.148. The minimum atomic E-state index is -4.32. The van der Waals surface area contributed by atoms with E-state index in [-0.39, 0.29) is 41.2 Å². The zero-order chi connectivity index (χ0) is 35.7. The van der Waals surface area contributed by atoms with Gasteiger partial charge in [-0.2, -0.15) is 0 Å². The molecule has 264 valence electrons. The van der Waals surface area contributed by atoms with E-state index in [1.165, 1.54) is 37.3 Å². The lowest BCUT2D eigenvalue weighted by molar-refractivity contribution is -0.140. The zero-order valence-corrected chi connectivity index (χ0v) is 31.1. The number of carbonyl (C=O) groups is 2. The molecule has 1 unspecified atom stereocenters. The van der Waals surface area contributed by atoms with Crippen LogP contribution in [-0.4, -0.2) is 58.0 Å². The van der Waals surface area contributed by atoms with Crippen molar-refractivity contribution >= 4 is 43.5 Å². The number of halogens is 1. The maximum absolute atomic E-state index is 14.9. The summed E-state index contributed by atoms with van der Waals surface area (Å²) in [5.41, 5.74) is 2.69. The summed E-state index contributed by atoms with van der Waals surface area (Å²) in [7, 11) is -1.40. The van der Waals surface area contributed by atoms with Gasteiger partial charge in [-0.25, -0.2) is 8.42 Å². The standard InChI is InChI=1S/C39H44BrN3O6S/c1-28-14-21-34(22-15-28)50(46,47)43(35-25-33(48-2)20-23-37(35)49-3)27-38(44)42(26-30-16-18-31(40)19-17-30)36(24-29-10-6-4-7-11-29)39(45)41-32-12-8-5-9-13-32/h4,6-7,10-11,14-23,25,32,36H,5,8-9,12-13,24,26-27H2,1-3H3,(H,41,45). The Morgan fingerprint density at radius 3 is 2.18 bits per heavy atom. The number of benzene rings is 4. The molecule has 0 radical (unpaired) electrons. The number of rotatable bonds is 14. The van der Waals surface area contributed by atoms with Gasteiger partial charge in [0, 0.05) is 29.5 Å². The molecule has 0 saturated heterocycles. The van der Waals surface area contributed by atoms with Crippen molar-refractivity contribution in [2.75, 3.05) is 25.1 Å². The number of anilines is 1. The summed E-state index contributed by atoms with van der Waals surface area (Å²) in [6, 6.07) is 27.4. The summed E-state index contributed by atoms with van der Waals surface area (Å²) in [5, 5.41) is 3.24. The molecule has 5 rings (SSSR count). The van der Waals surface area contributed by atoms with E-state index in [0.29, 0.717) is 5.75 Å². The Morgan fingerprint density at radius 1 is 0.860 bits per heavy atom. The number of nitrogens with one attached hydrogen (secondary N) is 1. The number of aryl methyl sites for hydroxylation is 1. The van der Waals surface area contributed by atoms with Gasteiger partial charge in [0.05, 0.1) is 24.8 Å². The van der Waals surface area contributed by atoms with Gasteiger partial charge in [0.15, 0.2) is 0 Å². The molecule has 50 heavy (non-hydrogen) atoms. The van der Waals surface area contributed by atoms with Crippen LogP contribution in [0.2, 0.25) is 0 Å². The summed E-state index contributed by atoms with van der Waals surface area (Å²) in [6.07, 6.45) is 5.20. The third-order valence-electron chi connectivity index (χ3n) is 9.03. The van der Waals surface area contributed by atoms with Crippen molar-refractivity contribution in [1.29, 1.82) is 0 Å². The highest BCUT2D eigenvalue weighted by atomic mass is 79.9. The summed E-state index contributed by atoms with van der Waals surface area (Å²) >= 11 is 3.48. The zero-order valence-electron chi connectivity index (χ0n) is 28.7. The van der Waals surface area contributed by atoms with E-state index < -0.39 is 28.5 Å². The largest absolute Gasteiger partial charge is 0.497 e. The van der Waals surface area contributed by atoms with Gasteiger partial charge in [0.25, 0.3) is 10.0 Å². The predicted molar refractivity (Wildman–Crippen MR) is 199 cm³/mol. The Kier molecular flexibility index (Phi) is 12.6. The van der Waals surface area contributed by atoms with E-state index in [9.17, 15) is 18.0 Å². The number of amides is 2. The first-order valence-corrected chi connectivity index (χ1v) is 19.0. The molecule has 9 nitrogen and oxygen atoms in total. The van der Waals surface area contributed by atoms with E-state index in [1.54, 1.807) is 24.3 Å². The maximum Gasteiger partial charge on any atom is 0.264 e. The van der Waals surface area contributed by atoms with Gasteiger partial charge in [-0.05, 0) is 67.3 Å². The molecule has 0 aliphatic heterocycles. The number of ether oxygens (including phenoxy) is 2. The molecule has 1 N–H and O–H groups in total. The predicted octanol–water partition coefficient (Wildman–Crippen LogP) is 7.06. The van der Waals surface area contributed by atoms with Gasteiger partial charge in [0.1, 0.15) is 24.1 Å². The summed E-state index contributed by atoms with van der Waals surface area (Å²) in [5.74, 6) is -0.186. The van der Waals surface area contributed by atoms with Crippen molar-refractivity contribution in [3.8, 4) is 11.5 Å². The lowest BCUT2D eigenvalue weighted by Crippen LogP contribution is -2.55. The van der Waals surface area contributed by atoms with Crippen molar-refractivity contribution in [3.05, 3.63) is 118 Å². The van der Waals surface area contributed by atoms with Crippen LogP contribution in [0, 0.1) is 6.92 Å². The Labute approximate surface area is 303 Å². The van der Waals surface area contributed by atoms with Crippen LogP contribution in [0.15, 0.2) is 106 Å². The molecule has 11 heteroatoms. The highest BCUT2D eigenvalue weighted by Crippen LogP contribution is 2.36. The van der Waals surface area contributed by atoms with Crippen molar-refractivity contribution < 1.29 is 27.5 Å². The van der Waals surface area contributed by atoms with Gasteiger partial charge in [-0.1, -0.05) is 95.4 Å². The van der Waals surface area contributed by atoms with Crippen molar-refractivity contribution in [1.82, 2.24) is 10.2 Å². The number of sulfonamides is 1. The molecule has 0 spiro atoms. The number of hydrogen-bond acceptors (Lipinski definition) is 6. The lowest BCUT2D eigenvalue weighted by Gasteiger charge is -2.35. The first kappa shape index (κ1) is 36.9. The van der Waals surface area contributed by atoms with E-state index in [0.717, 1.165) is 57.6 Å². The normalized spacial score (nSPS) is 14.0. The van der Waals surface area contributed by atoms with Gasteiger partial charge < -0.3 is 19.7 Å². The summed E-state index contributed by atoms with van der Waals surface area (Å²) in [6.45, 7) is 1.35. The van der Waals surface area contributed by atoms with Crippen LogP contribution >= 0.6 is 15.9 Å². The molecule has 1 aliphatic carbocycles. The maximum atomic E-state index is 14.9. The van der Waals surface area contributed by atoms with Crippen LogP contribution in [0.25, 0.3) is 0 Å². The van der Waals surface area contributed by atoms with Crippen LogP contribution in [-0.2, 0) is 32.6 Å². The third kappa shape index (κ3) is 9.25. The van der Waals surface area contributed by atoms with Gasteiger partial charge in [0.2, 0.25) is 11.8 Å². The number of methoxy groups -OCH3 is 2. The van der Waals surface area contributed by atoms with E-state index in [1.807, 2.05) is 61.5 Å². The number of nitrogens with zero attached hydrogens (tertiary/aromatic N) is 2. The van der Waals surface area contributed by atoms with Crippen LogP contribution in [0.5, 0.6) is 11.5 Å². The molecule has 1 aliphatic rings. The highest BCUT2D eigenvalue weighted by Gasteiger charge is 2.36. The van der Waals surface area contributed by atoms with E-state index in [4.69, 9.17) is 9.47 Å². The fraction of sp³-hybridized carbons (Fsp3) is 0.333. The van der Waals surface area contributed by atoms with Crippen LogP contribution in [0.4, 0.5) is 5.69 Å². The second kappa shape index (κ2) is 17.0. The average Bonchev–Trinajstić information content (AvgIpc) is 3.13. The number of hydrogen-bond donors (Lipinski definition) is 1. The minimum Gasteiger partial charge on any atom is -0.497 e. The van der Waals surface area contributed by atoms with E-state index in [2.05, 4.69) is 21.2 Å². The van der Waals surface area contributed by atoms with Crippen molar-refractivity contribution in [3.63, 3.8) is 0 Å². The van der Waals surface area contributed by atoms with Gasteiger partial charge in [-0.15, -0.1) is 0 Å². The number of carbonyl (C=O) groups excluding carboxylic acids is 2. The Bertz CT molecular complexity index is 1850. The SMILES string of the molecule is COc1ccc(OC)c(N(CC(=O)N(Cc2ccc(Br)cc2)C(Cc2ccccc2)C(=O)NC2CCCCC2)S(=O)(=O)c2ccc(C)cc2)c1. The fourth-order valence-corrected chi connectivity index (χ4v) is 7.91. The molecule has 1 fully saturated rings. The van der Waals surface area contributed by atoms with Crippen LogP contribution in [0.3, 0.4) is 0 Å². The molecule has 0 aromatic heterocycles. The molecule has 4 aromatic rings. The van der Waals surface area contributed by atoms with Crippen LogP contribution in [0.1, 0.15) is 48.8 Å². The lowest BCUT2D eigenvalue weighted by atomic mass is 9.94. The smallest absolute Gasteiger partial charge is 0.264 e. The summed E-state index contributed by atoms with van der Waals surface area (Å²) < 4.78 is 42.0. The molecule has 0 bridgehead atoms. The fourth-order valence-electron chi connectivity index (χ4n) is 6.23. The molecule has 2 amide bonds. The Morgan fingerprint density at radius 2 is 1.54 bits per heavy atom. The molecule has 1 atom stereocenters. The third-order valence-corrected chi connectivity index (χ3v) is 11.3. The Hall–Kier alpha value is -4.35. The monoisotopic (exact) mass is 761 g/mol. The Balaban J connectivity index is 1.61. The molecule has 0 heterocycles. The first-order chi connectivity index (χ1) is 24.1. The van der Waals surface area contributed by atoms with Gasteiger partial charge in [-0.3, -0.25) is 13.9 Å². The second-order valence-corrected chi connectivity index (χ2v) is 15.3.